The lowest BCUT2D eigenvalue weighted by molar-refractivity contribution is -0.153. The van der Waals surface area contributed by atoms with Crippen molar-refractivity contribution in [2.24, 2.45) is 11.7 Å². The van der Waals surface area contributed by atoms with Gasteiger partial charge >= 0.3 is 5.97 Å². The molecule has 0 saturated heterocycles. The number of aliphatic hydroxyl groups is 1. The van der Waals surface area contributed by atoms with Crippen molar-refractivity contribution in [3.05, 3.63) is 0 Å². The van der Waals surface area contributed by atoms with Crippen molar-refractivity contribution in [3.63, 3.8) is 0 Å². The van der Waals surface area contributed by atoms with Crippen molar-refractivity contribution in [1.82, 2.24) is 0 Å². The second-order valence-corrected chi connectivity index (χ2v) is 3.80. The van der Waals surface area contributed by atoms with Gasteiger partial charge in [-0.15, -0.1) is 0 Å². The Balaban J connectivity index is 3.44. The average molecular weight is 203 g/mol. The number of nitrogens with two attached hydrogens (primary N) is 1. The third-order valence-electron chi connectivity index (χ3n) is 1.88. The van der Waals surface area contributed by atoms with Crippen molar-refractivity contribution in [2.75, 3.05) is 13.2 Å². The molecule has 0 heterocycles. The van der Waals surface area contributed by atoms with E-state index in [0.717, 1.165) is 12.8 Å². The predicted octanol–water partition coefficient (Wildman–Crippen LogP) is 0.676. The summed E-state index contributed by atoms with van der Waals surface area (Å²) in [5.74, 6) is 0.0573. The molecule has 0 aliphatic heterocycles. The molecule has 4 nitrogen and oxygen atoms in total. The van der Waals surface area contributed by atoms with Crippen molar-refractivity contribution in [3.8, 4) is 0 Å². The highest BCUT2D eigenvalue weighted by Crippen LogP contribution is 2.04. The van der Waals surface area contributed by atoms with Gasteiger partial charge in [0.25, 0.3) is 0 Å². The van der Waals surface area contributed by atoms with E-state index in [0.29, 0.717) is 19.1 Å². The highest BCUT2D eigenvalue weighted by atomic mass is 16.5. The summed E-state index contributed by atoms with van der Waals surface area (Å²) in [6.45, 7) is 4.91. The SMILES string of the molecule is CC(C)CCCOC(=O)[C@@H](O)CCN. The molecule has 0 rings (SSSR count). The van der Waals surface area contributed by atoms with Gasteiger partial charge in [-0.3, -0.25) is 0 Å². The first-order valence-electron chi connectivity index (χ1n) is 5.12. The lowest BCUT2D eigenvalue weighted by atomic mass is 10.1. The Morgan fingerprint density at radius 2 is 2.07 bits per heavy atom. The molecule has 1 atom stereocenters. The number of aliphatic hydroxyl groups excluding tert-OH is 1. The molecular weight excluding hydrogens is 182 g/mol. The molecule has 4 heteroatoms. The van der Waals surface area contributed by atoms with Crippen LogP contribution in [0.3, 0.4) is 0 Å². The lowest BCUT2D eigenvalue weighted by Crippen LogP contribution is -2.26. The molecular formula is C10H21NO3. The number of carbonyl (C=O) groups excluding carboxylic acids is 1. The third-order valence-corrected chi connectivity index (χ3v) is 1.88. The summed E-state index contributed by atoms with van der Waals surface area (Å²) >= 11 is 0. The fourth-order valence-electron chi connectivity index (χ4n) is 1.04. The lowest BCUT2D eigenvalue weighted by Gasteiger charge is -2.10. The molecule has 0 saturated carbocycles. The molecule has 0 radical (unpaired) electrons. The van der Waals surface area contributed by atoms with E-state index in [2.05, 4.69) is 13.8 Å². The van der Waals surface area contributed by atoms with E-state index in [-0.39, 0.29) is 6.42 Å². The van der Waals surface area contributed by atoms with E-state index >= 15 is 0 Å². The topological polar surface area (TPSA) is 72.5 Å². The number of carbonyl (C=O) groups is 1. The van der Waals surface area contributed by atoms with Gasteiger partial charge in [-0.05, 0) is 31.7 Å². The molecule has 0 aromatic carbocycles. The van der Waals surface area contributed by atoms with E-state index in [1.807, 2.05) is 0 Å². The molecule has 0 aliphatic carbocycles. The molecule has 0 bridgehead atoms. The minimum Gasteiger partial charge on any atom is -0.464 e. The maximum Gasteiger partial charge on any atom is 0.335 e. The quantitative estimate of drug-likeness (QED) is 0.471. The van der Waals surface area contributed by atoms with Gasteiger partial charge in [-0.25, -0.2) is 4.79 Å². The van der Waals surface area contributed by atoms with Crippen LogP contribution in [0.25, 0.3) is 0 Å². The predicted molar refractivity (Wildman–Crippen MR) is 54.7 cm³/mol. The van der Waals surface area contributed by atoms with Gasteiger partial charge in [0, 0.05) is 0 Å². The Morgan fingerprint density at radius 3 is 2.57 bits per heavy atom. The number of rotatable bonds is 7. The maximum absolute atomic E-state index is 11.0. The van der Waals surface area contributed by atoms with Gasteiger partial charge in [0.15, 0.2) is 6.10 Å². The van der Waals surface area contributed by atoms with E-state index < -0.39 is 12.1 Å². The molecule has 0 fully saturated rings. The van der Waals surface area contributed by atoms with Crippen LogP contribution in [0.4, 0.5) is 0 Å². The smallest absolute Gasteiger partial charge is 0.335 e. The van der Waals surface area contributed by atoms with Crippen molar-refractivity contribution in [1.29, 1.82) is 0 Å². The fraction of sp³-hybridized carbons (Fsp3) is 0.900. The summed E-state index contributed by atoms with van der Waals surface area (Å²) in [5.41, 5.74) is 5.19. The van der Waals surface area contributed by atoms with Crippen LogP contribution in [0.5, 0.6) is 0 Å². The van der Waals surface area contributed by atoms with E-state index in [1.54, 1.807) is 0 Å². The van der Waals surface area contributed by atoms with Crippen LogP contribution in [-0.2, 0) is 9.53 Å². The van der Waals surface area contributed by atoms with Gasteiger partial charge in [0.1, 0.15) is 0 Å². The number of hydrogen-bond donors (Lipinski definition) is 2. The summed E-state index contributed by atoms with van der Waals surface area (Å²) in [5, 5.41) is 9.17. The van der Waals surface area contributed by atoms with Crippen LogP contribution in [0.1, 0.15) is 33.1 Å². The van der Waals surface area contributed by atoms with Gasteiger partial charge in [-0.2, -0.15) is 0 Å². The Morgan fingerprint density at radius 1 is 1.43 bits per heavy atom. The second-order valence-electron chi connectivity index (χ2n) is 3.80. The normalized spacial score (nSPS) is 12.9. The second kappa shape index (κ2) is 7.76. The van der Waals surface area contributed by atoms with E-state index in [4.69, 9.17) is 10.5 Å². The van der Waals surface area contributed by atoms with Crippen LogP contribution in [-0.4, -0.2) is 30.3 Å². The number of esters is 1. The average Bonchev–Trinajstić information content (AvgIpc) is 2.12. The van der Waals surface area contributed by atoms with Crippen molar-refractivity contribution in [2.45, 2.75) is 39.2 Å². The molecule has 14 heavy (non-hydrogen) atoms. The number of ether oxygens (including phenoxy) is 1. The maximum atomic E-state index is 11.0. The highest BCUT2D eigenvalue weighted by molar-refractivity contribution is 5.74. The Kier molecular flexibility index (Phi) is 7.42. The van der Waals surface area contributed by atoms with Gasteiger partial charge in [0.2, 0.25) is 0 Å². The molecule has 0 spiro atoms. The Bertz CT molecular complexity index is 159. The van der Waals surface area contributed by atoms with E-state index in [1.165, 1.54) is 0 Å². The van der Waals surface area contributed by atoms with Crippen LogP contribution in [0.15, 0.2) is 0 Å². The molecule has 0 amide bonds. The third kappa shape index (κ3) is 6.86. The molecule has 0 aromatic heterocycles. The minimum absolute atomic E-state index is 0.267. The molecule has 0 aromatic rings. The zero-order chi connectivity index (χ0) is 11.0. The minimum atomic E-state index is -1.06. The summed E-state index contributed by atoms with van der Waals surface area (Å²) in [6, 6.07) is 0. The fourth-order valence-corrected chi connectivity index (χ4v) is 1.04. The molecule has 3 N–H and O–H groups in total. The van der Waals surface area contributed by atoms with Gasteiger partial charge in [0.05, 0.1) is 6.61 Å². The summed E-state index contributed by atoms with van der Waals surface area (Å²) < 4.78 is 4.86. The van der Waals surface area contributed by atoms with E-state index in [9.17, 15) is 9.90 Å². The summed E-state index contributed by atoms with van der Waals surface area (Å²) in [6.07, 6.45) is 1.08. The largest absolute Gasteiger partial charge is 0.464 e. The van der Waals surface area contributed by atoms with Gasteiger partial charge < -0.3 is 15.6 Å². The molecule has 0 unspecified atom stereocenters. The first-order chi connectivity index (χ1) is 6.57. The van der Waals surface area contributed by atoms with Crippen LogP contribution in [0.2, 0.25) is 0 Å². The van der Waals surface area contributed by atoms with Gasteiger partial charge in [-0.1, -0.05) is 13.8 Å². The van der Waals surface area contributed by atoms with Crippen LogP contribution >= 0.6 is 0 Å². The van der Waals surface area contributed by atoms with Crippen molar-refractivity contribution < 1.29 is 14.6 Å². The molecule has 0 aliphatic rings. The first-order valence-corrected chi connectivity index (χ1v) is 5.12. The monoisotopic (exact) mass is 203 g/mol. The molecule has 84 valence electrons. The highest BCUT2D eigenvalue weighted by Gasteiger charge is 2.14. The summed E-state index contributed by atoms with van der Waals surface area (Å²) in [7, 11) is 0. The Labute approximate surface area is 85.4 Å². The summed E-state index contributed by atoms with van der Waals surface area (Å²) in [4.78, 5) is 11.0. The van der Waals surface area contributed by atoms with Crippen molar-refractivity contribution >= 4 is 5.97 Å². The zero-order valence-corrected chi connectivity index (χ0v) is 9.03. The zero-order valence-electron chi connectivity index (χ0n) is 9.03. The first kappa shape index (κ1) is 13.4. The standard InChI is InChI=1S/C10H21NO3/c1-8(2)4-3-7-14-10(13)9(12)5-6-11/h8-9,12H,3-7,11H2,1-2H3/t9-/m0/s1. The van der Waals surface area contributed by atoms with Crippen LogP contribution in [0, 0.1) is 5.92 Å². The Hall–Kier alpha value is -0.610. The van der Waals surface area contributed by atoms with Crippen LogP contribution < -0.4 is 5.73 Å². The number of hydrogen-bond acceptors (Lipinski definition) is 4.